The zero-order valence-electron chi connectivity index (χ0n) is 11.5. The van der Waals surface area contributed by atoms with Crippen LogP contribution in [-0.2, 0) is 11.3 Å². The number of amides is 1. The number of hydrogen-bond acceptors (Lipinski definition) is 4. The first-order valence-electron chi connectivity index (χ1n) is 6.70. The molecule has 1 aromatic heterocycles. The van der Waals surface area contributed by atoms with Crippen LogP contribution in [0.4, 0.5) is 0 Å². The maximum atomic E-state index is 11.6. The molecule has 106 valence electrons. The van der Waals surface area contributed by atoms with Gasteiger partial charge in [0.25, 0.3) is 0 Å². The first-order valence-corrected chi connectivity index (χ1v) is 7.58. The Labute approximate surface area is 117 Å². The second-order valence-corrected chi connectivity index (χ2v) is 5.85. The molecule has 5 nitrogen and oxygen atoms in total. The van der Waals surface area contributed by atoms with E-state index in [-0.39, 0.29) is 16.7 Å². The van der Waals surface area contributed by atoms with Crippen molar-refractivity contribution in [3.63, 3.8) is 0 Å². The van der Waals surface area contributed by atoms with Crippen LogP contribution in [0.5, 0.6) is 0 Å². The summed E-state index contributed by atoms with van der Waals surface area (Å²) in [6.07, 6.45) is 1.83. The van der Waals surface area contributed by atoms with E-state index in [1.807, 2.05) is 16.9 Å². The van der Waals surface area contributed by atoms with Crippen LogP contribution in [0.1, 0.15) is 18.5 Å². The van der Waals surface area contributed by atoms with Crippen molar-refractivity contribution in [3.05, 3.63) is 20.7 Å². The summed E-state index contributed by atoms with van der Waals surface area (Å²) in [6.45, 7) is 5.48. The van der Waals surface area contributed by atoms with Crippen LogP contribution in [0.25, 0.3) is 0 Å². The lowest BCUT2D eigenvalue weighted by atomic mass is 9.96. The minimum absolute atomic E-state index is 0.123. The van der Waals surface area contributed by atoms with E-state index in [9.17, 15) is 9.59 Å². The third-order valence-electron chi connectivity index (χ3n) is 3.82. The number of aryl methyl sites for hydroxylation is 1. The second kappa shape index (κ2) is 6.34. The van der Waals surface area contributed by atoms with Crippen molar-refractivity contribution in [2.75, 3.05) is 26.7 Å². The Bertz CT molecular complexity index is 486. The number of carbonyl (C=O) groups excluding carboxylic acids is 1. The number of carbonyl (C=O) groups is 1. The highest BCUT2D eigenvalue weighted by atomic mass is 32.1. The van der Waals surface area contributed by atoms with Gasteiger partial charge in [-0.25, -0.2) is 0 Å². The largest absolute Gasteiger partial charge is 0.359 e. The van der Waals surface area contributed by atoms with Gasteiger partial charge < -0.3 is 14.8 Å². The highest BCUT2D eigenvalue weighted by Crippen LogP contribution is 2.17. The van der Waals surface area contributed by atoms with Gasteiger partial charge in [-0.05, 0) is 32.9 Å². The zero-order valence-corrected chi connectivity index (χ0v) is 12.3. The highest BCUT2D eigenvalue weighted by Gasteiger charge is 2.23. The number of likely N-dealkylation sites (tertiary alicyclic amines) is 1. The van der Waals surface area contributed by atoms with Crippen LogP contribution in [0.2, 0.25) is 0 Å². The Kier molecular flexibility index (Phi) is 4.76. The molecule has 1 fully saturated rings. The molecule has 1 amide bonds. The van der Waals surface area contributed by atoms with Crippen molar-refractivity contribution < 1.29 is 4.79 Å². The lowest BCUT2D eigenvalue weighted by Gasteiger charge is -2.31. The van der Waals surface area contributed by atoms with Crippen LogP contribution in [0.15, 0.2) is 10.2 Å². The van der Waals surface area contributed by atoms with E-state index in [1.165, 1.54) is 11.3 Å². The molecule has 0 bridgehead atoms. The van der Waals surface area contributed by atoms with Gasteiger partial charge in [0.1, 0.15) is 0 Å². The number of thiazole rings is 1. The maximum Gasteiger partial charge on any atom is 0.307 e. The van der Waals surface area contributed by atoms with E-state index in [0.717, 1.165) is 44.7 Å². The molecule has 6 heteroatoms. The van der Waals surface area contributed by atoms with Crippen molar-refractivity contribution in [2.45, 2.75) is 26.3 Å². The highest BCUT2D eigenvalue weighted by molar-refractivity contribution is 7.07. The van der Waals surface area contributed by atoms with E-state index < -0.39 is 0 Å². The summed E-state index contributed by atoms with van der Waals surface area (Å²) in [7, 11) is 1.69. The van der Waals surface area contributed by atoms with Gasteiger partial charge in [-0.1, -0.05) is 11.3 Å². The molecule has 0 saturated carbocycles. The third-order valence-corrected chi connectivity index (χ3v) is 4.70. The first-order chi connectivity index (χ1) is 9.11. The molecule has 2 heterocycles. The number of nitrogens with zero attached hydrogens (tertiary/aromatic N) is 2. The van der Waals surface area contributed by atoms with E-state index in [0.29, 0.717) is 0 Å². The van der Waals surface area contributed by atoms with Gasteiger partial charge in [-0.3, -0.25) is 9.59 Å². The zero-order chi connectivity index (χ0) is 13.8. The van der Waals surface area contributed by atoms with Crippen LogP contribution in [-0.4, -0.2) is 42.1 Å². The summed E-state index contributed by atoms with van der Waals surface area (Å²) in [4.78, 5) is 25.6. The lowest BCUT2D eigenvalue weighted by Crippen LogP contribution is -2.41. The molecule has 0 unspecified atom stereocenters. The molecular weight excluding hydrogens is 262 g/mol. The van der Waals surface area contributed by atoms with Gasteiger partial charge in [0, 0.05) is 37.1 Å². The quantitative estimate of drug-likeness (QED) is 0.884. The second-order valence-electron chi connectivity index (χ2n) is 5.02. The van der Waals surface area contributed by atoms with Crippen molar-refractivity contribution in [2.24, 2.45) is 5.92 Å². The minimum Gasteiger partial charge on any atom is -0.359 e. The van der Waals surface area contributed by atoms with Crippen LogP contribution in [0, 0.1) is 12.8 Å². The molecule has 1 aromatic rings. The molecule has 1 N–H and O–H groups in total. The SMILES string of the molecule is CNC(=O)C1CCN(CCn2c(C)csc2=O)CC1. The lowest BCUT2D eigenvalue weighted by molar-refractivity contribution is -0.125. The molecule has 0 aliphatic carbocycles. The summed E-state index contributed by atoms with van der Waals surface area (Å²) in [6, 6.07) is 0. The van der Waals surface area contributed by atoms with Crippen LogP contribution in [0.3, 0.4) is 0 Å². The standard InChI is InChI=1S/C13H21N3O2S/c1-10-9-19-13(18)16(10)8-7-15-5-3-11(4-6-15)12(17)14-2/h9,11H,3-8H2,1-2H3,(H,14,17). The monoisotopic (exact) mass is 283 g/mol. The summed E-state index contributed by atoms with van der Waals surface area (Å²) >= 11 is 1.26. The molecule has 19 heavy (non-hydrogen) atoms. The number of hydrogen-bond donors (Lipinski definition) is 1. The molecule has 2 rings (SSSR count). The van der Waals surface area contributed by atoms with Gasteiger partial charge in [-0.15, -0.1) is 0 Å². The Morgan fingerprint density at radius 2 is 2.11 bits per heavy atom. The van der Waals surface area contributed by atoms with E-state index in [2.05, 4.69) is 10.2 Å². The first kappa shape index (κ1) is 14.3. The molecule has 1 aliphatic heterocycles. The summed E-state index contributed by atoms with van der Waals surface area (Å²) in [5.74, 6) is 0.316. The van der Waals surface area contributed by atoms with Gasteiger partial charge in [0.05, 0.1) is 0 Å². The Hall–Kier alpha value is -1.14. The molecule has 1 saturated heterocycles. The minimum atomic E-state index is 0.123. The average Bonchev–Trinajstić information content (AvgIpc) is 2.75. The van der Waals surface area contributed by atoms with Crippen molar-refractivity contribution in [3.8, 4) is 0 Å². The van der Waals surface area contributed by atoms with Crippen molar-refractivity contribution in [1.82, 2.24) is 14.8 Å². The Morgan fingerprint density at radius 1 is 1.42 bits per heavy atom. The maximum absolute atomic E-state index is 11.6. The molecule has 1 aliphatic rings. The van der Waals surface area contributed by atoms with E-state index in [1.54, 1.807) is 7.05 Å². The fourth-order valence-corrected chi connectivity index (χ4v) is 3.30. The van der Waals surface area contributed by atoms with Crippen molar-refractivity contribution >= 4 is 17.2 Å². The number of rotatable bonds is 4. The number of aromatic nitrogens is 1. The topological polar surface area (TPSA) is 54.3 Å². The fraction of sp³-hybridized carbons (Fsp3) is 0.692. The predicted molar refractivity (Wildman–Crippen MR) is 76.5 cm³/mol. The smallest absolute Gasteiger partial charge is 0.307 e. The summed E-state index contributed by atoms with van der Waals surface area (Å²) in [5.41, 5.74) is 1.04. The number of piperidine rings is 1. The Balaban J connectivity index is 1.80. The van der Waals surface area contributed by atoms with Crippen LogP contribution >= 0.6 is 11.3 Å². The van der Waals surface area contributed by atoms with Crippen LogP contribution < -0.4 is 10.2 Å². The number of nitrogens with one attached hydrogen (secondary N) is 1. The Morgan fingerprint density at radius 3 is 2.63 bits per heavy atom. The molecule has 0 spiro atoms. The molecule has 0 radical (unpaired) electrons. The predicted octanol–water partition coefficient (Wildman–Crippen LogP) is 0.676. The van der Waals surface area contributed by atoms with Crippen molar-refractivity contribution in [1.29, 1.82) is 0 Å². The van der Waals surface area contributed by atoms with Gasteiger partial charge >= 0.3 is 4.87 Å². The molecular formula is C13H21N3O2S. The van der Waals surface area contributed by atoms with Gasteiger partial charge in [0.2, 0.25) is 5.91 Å². The average molecular weight is 283 g/mol. The summed E-state index contributed by atoms with van der Waals surface area (Å²) in [5, 5.41) is 4.62. The van der Waals surface area contributed by atoms with E-state index in [4.69, 9.17) is 0 Å². The normalized spacial score (nSPS) is 17.6. The molecule has 0 aromatic carbocycles. The van der Waals surface area contributed by atoms with E-state index >= 15 is 0 Å². The fourth-order valence-electron chi connectivity index (χ4n) is 2.54. The van der Waals surface area contributed by atoms with Gasteiger partial charge in [-0.2, -0.15) is 0 Å². The molecule has 0 atom stereocenters. The summed E-state index contributed by atoms with van der Waals surface area (Å²) < 4.78 is 1.83. The van der Waals surface area contributed by atoms with Gasteiger partial charge in [0.15, 0.2) is 0 Å². The third kappa shape index (κ3) is 3.45.